The zero-order chi connectivity index (χ0) is 39.6. The number of carbonyl (C=O) groups is 2. The minimum Gasteiger partial charge on any atom is -0.478 e. The Labute approximate surface area is 313 Å². The average molecular weight is 768 g/mol. The van der Waals surface area contributed by atoms with Crippen molar-refractivity contribution in [2.24, 2.45) is 22.6 Å². The van der Waals surface area contributed by atoms with Gasteiger partial charge in [-0.25, -0.2) is 9.59 Å². The molecule has 54 heavy (non-hydrogen) atoms. The van der Waals surface area contributed by atoms with Gasteiger partial charge in [0.05, 0.1) is 48.3 Å². The van der Waals surface area contributed by atoms with Gasteiger partial charge >= 0.3 is 11.9 Å². The maximum Gasteiger partial charge on any atom is 0.339 e. The van der Waals surface area contributed by atoms with Crippen LogP contribution >= 0.6 is 0 Å². The molecule has 4 rings (SSSR count). The smallest absolute Gasteiger partial charge is 0.339 e. The number of carboxylic acids is 1. The van der Waals surface area contributed by atoms with E-state index in [1.165, 1.54) is 12.3 Å². The molecule has 0 spiro atoms. The van der Waals surface area contributed by atoms with Crippen molar-refractivity contribution in [3.63, 3.8) is 0 Å². The number of quaternary nitrogens is 1. The van der Waals surface area contributed by atoms with E-state index in [2.05, 4.69) is 16.9 Å². The summed E-state index contributed by atoms with van der Waals surface area (Å²) in [5.41, 5.74) is 6.61. The van der Waals surface area contributed by atoms with Crippen LogP contribution in [0.5, 0.6) is 0 Å². The lowest BCUT2D eigenvalue weighted by molar-refractivity contribution is -0.843. The molecule has 11 N–H and O–H groups in total. The number of carboxylic acid groups (broad SMARTS) is 1. The minimum atomic E-state index is -2.92. The Morgan fingerprint density at radius 1 is 1.19 bits per heavy atom. The van der Waals surface area contributed by atoms with E-state index in [1.807, 2.05) is 0 Å². The van der Waals surface area contributed by atoms with Crippen molar-refractivity contribution < 1.29 is 73.9 Å². The molecule has 0 amide bonds. The SMILES string of the molecule is C=C[C@H]1[C@H](O[C@@H]2O[C@H](CO)[C@@H](O)C(O)(O)[C@H]2OC(C)C)OC=C(C(=O)OC2CCCC2)[C@H]1/C=C\C1=C[NH+](CCO)CC(C(=O)O)=C1NC(N)=NCCCO. The van der Waals surface area contributed by atoms with Gasteiger partial charge in [-0.3, -0.25) is 4.99 Å². The van der Waals surface area contributed by atoms with Crippen LogP contribution in [-0.4, -0.2) is 142 Å². The highest BCUT2D eigenvalue weighted by molar-refractivity contribution is 5.92. The van der Waals surface area contributed by atoms with Crippen molar-refractivity contribution in [3.05, 3.63) is 59.7 Å². The first-order valence-electron chi connectivity index (χ1n) is 18.1. The zero-order valence-electron chi connectivity index (χ0n) is 30.6. The van der Waals surface area contributed by atoms with Gasteiger partial charge in [-0.1, -0.05) is 18.2 Å². The van der Waals surface area contributed by atoms with Gasteiger partial charge < -0.3 is 75.4 Å². The second kappa shape index (κ2) is 19.8. The van der Waals surface area contributed by atoms with E-state index < -0.39 is 73.2 Å². The number of hydrogen-bond donors (Lipinski definition) is 10. The van der Waals surface area contributed by atoms with Crippen LogP contribution in [-0.2, 0) is 33.3 Å². The van der Waals surface area contributed by atoms with Gasteiger partial charge in [0, 0.05) is 19.1 Å². The summed E-state index contributed by atoms with van der Waals surface area (Å²) in [6.45, 7) is 6.43. The summed E-state index contributed by atoms with van der Waals surface area (Å²) >= 11 is 0. The lowest BCUT2D eigenvalue weighted by Gasteiger charge is -2.48. The van der Waals surface area contributed by atoms with E-state index in [-0.39, 0.29) is 61.8 Å². The number of nitrogens with zero attached hydrogens (tertiary/aromatic N) is 1. The number of allylic oxidation sites excluding steroid dienone is 2. The van der Waals surface area contributed by atoms with Crippen molar-refractivity contribution in [2.75, 3.05) is 39.5 Å². The van der Waals surface area contributed by atoms with Gasteiger partial charge in [0.25, 0.3) is 0 Å². The van der Waals surface area contributed by atoms with Crippen LogP contribution < -0.4 is 16.0 Å². The van der Waals surface area contributed by atoms with Crippen LogP contribution in [0, 0.1) is 11.8 Å². The molecule has 8 atom stereocenters. The number of nitrogens with two attached hydrogens (primary N) is 1. The summed E-state index contributed by atoms with van der Waals surface area (Å²) in [7, 11) is 0. The first kappa shape index (κ1) is 43.0. The van der Waals surface area contributed by atoms with Crippen LogP contribution in [0.4, 0.5) is 0 Å². The van der Waals surface area contributed by atoms with Crippen molar-refractivity contribution in [1.29, 1.82) is 0 Å². The van der Waals surface area contributed by atoms with Crippen molar-refractivity contribution >= 4 is 17.9 Å². The highest BCUT2D eigenvalue weighted by Crippen LogP contribution is 2.39. The fraction of sp³-hybridized carbons (Fsp3) is 0.639. The van der Waals surface area contributed by atoms with Crippen LogP contribution in [0.25, 0.3) is 0 Å². The largest absolute Gasteiger partial charge is 0.478 e. The molecule has 18 nitrogen and oxygen atoms in total. The summed E-state index contributed by atoms with van der Waals surface area (Å²) in [5.74, 6) is -6.70. The molecule has 0 radical (unpaired) electrons. The van der Waals surface area contributed by atoms with Gasteiger partial charge in [-0.15, -0.1) is 6.58 Å². The molecule has 0 aromatic carbocycles. The quantitative estimate of drug-likeness (QED) is 0.0185. The van der Waals surface area contributed by atoms with E-state index >= 15 is 0 Å². The number of carbonyl (C=O) groups excluding carboxylic acids is 1. The highest BCUT2D eigenvalue weighted by Gasteiger charge is 2.57. The number of rotatable bonds is 17. The number of guanidine groups is 1. The molecule has 4 aliphatic rings. The Kier molecular flexibility index (Phi) is 15.8. The Morgan fingerprint density at radius 3 is 2.52 bits per heavy atom. The summed E-state index contributed by atoms with van der Waals surface area (Å²) in [6, 6.07) is 0. The monoisotopic (exact) mass is 767 g/mol. The number of aliphatic imine (C=N–C) groups is 1. The average Bonchev–Trinajstić information content (AvgIpc) is 3.64. The highest BCUT2D eigenvalue weighted by atomic mass is 16.8. The standard InChI is InChI=1S/C36H54N4O14/c1-4-23-24(11-10-21-16-40(13-15-42)17-25(31(45)46)28(21)39-35(37)38-12-7-14-41)26(32(47)52-22-8-5-6-9-22)19-50-33(23)54-34-30(51-20(2)3)36(48,49)29(44)27(18-43)53-34/h4,10-11,16,19-20,22-24,27,29-30,33-34,41-44,48-49H,1,5-9,12-15,17-18H2,2-3H3,(H,45,46)(H3,37,38,39)/p+1/b11-10-/t23-,24+,27-,29-,30+,33+,34+/m1/s1. The van der Waals surface area contributed by atoms with Crippen LogP contribution in [0.3, 0.4) is 0 Å². The summed E-state index contributed by atoms with van der Waals surface area (Å²) in [5, 5.41) is 74.2. The molecule has 1 aliphatic carbocycles. The third-order valence-electron chi connectivity index (χ3n) is 9.51. The Bertz CT molecular complexity index is 1470. The van der Waals surface area contributed by atoms with E-state index in [0.29, 0.717) is 29.7 Å². The maximum absolute atomic E-state index is 13.7. The number of hydrogen-bond acceptors (Lipinski definition) is 14. The lowest BCUT2D eigenvalue weighted by atomic mass is 9.83. The molecule has 1 saturated heterocycles. The Morgan fingerprint density at radius 2 is 1.91 bits per heavy atom. The minimum absolute atomic E-state index is 0.00254. The predicted molar refractivity (Wildman–Crippen MR) is 189 cm³/mol. The number of nitrogens with one attached hydrogen (secondary N) is 2. The third-order valence-corrected chi connectivity index (χ3v) is 9.51. The lowest BCUT2D eigenvalue weighted by Crippen LogP contribution is -3.09. The molecule has 302 valence electrons. The number of aliphatic hydroxyl groups excluding tert-OH is 4. The van der Waals surface area contributed by atoms with E-state index in [0.717, 1.165) is 12.8 Å². The summed E-state index contributed by atoms with van der Waals surface area (Å²) < 4.78 is 29.4. The predicted octanol–water partition coefficient (Wildman–Crippen LogP) is -2.34. The first-order chi connectivity index (χ1) is 25.7. The normalized spacial score (nSPS) is 30.6. The molecule has 3 heterocycles. The summed E-state index contributed by atoms with van der Waals surface area (Å²) in [4.78, 5) is 31.0. The van der Waals surface area contributed by atoms with Crippen LogP contribution in [0.1, 0.15) is 46.0 Å². The molecule has 0 aromatic rings. The second-order valence-electron chi connectivity index (χ2n) is 13.8. The molecule has 1 saturated carbocycles. The van der Waals surface area contributed by atoms with Crippen molar-refractivity contribution in [3.8, 4) is 0 Å². The molecular weight excluding hydrogens is 712 g/mol. The fourth-order valence-electron chi connectivity index (χ4n) is 6.75. The van der Waals surface area contributed by atoms with Gasteiger partial charge in [0.1, 0.15) is 43.2 Å². The number of ether oxygens (including phenoxy) is 5. The molecule has 0 aromatic heterocycles. The number of aliphatic hydroxyl groups is 6. The van der Waals surface area contributed by atoms with Crippen molar-refractivity contribution in [2.45, 2.75) is 94.8 Å². The second-order valence-corrected chi connectivity index (χ2v) is 13.8. The maximum atomic E-state index is 13.7. The Balaban J connectivity index is 1.75. The van der Waals surface area contributed by atoms with E-state index in [9.17, 15) is 40.2 Å². The molecular formula is C36H55N4O14+. The van der Waals surface area contributed by atoms with Gasteiger partial charge in [-0.2, -0.15) is 0 Å². The molecule has 18 heteroatoms. The van der Waals surface area contributed by atoms with Gasteiger partial charge in [-0.05, 0) is 46.0 Å². The molecule has 1 unspecified atom stereocenters. The number of aliphatic carboxylic acids is 1. The van der Waals surface area contributed by atoms with Crippen molar-refractivity contribution in [1.82, 2.24) is 5.32 Å². The molecule has 3 aliphatic heterocycles. The zero-order valence-corrected chi connectivity index (χ0v) is 30.6. The Hall–Kier alpha value is -3.69. The third kappa shape index (κ3) is 10.5. The molecule has 2 fully saturated rings. The van der Waals surface area contributed by atoms with E-state index in [1.54, 1.807) is 32.2 Å². The van der Waals surface area contributed by atoms with Gasteiger partial charge in [0.2, 0.25) is 12.1 Å². The fourth-order valence-corrected chi connectivity index (χ4v) is 6.75. The first-order valence-corrected chi connectivity index (χ1v) is 18.1. The van der Waals surface area contributed by atoms with Gasteiger partial charge in [0.15, 0.2) is 18.4 Å². The van der Waals surface area contributed by atoms with E-state index in [4.69, 9.17) is 34.5 Å². The topological polar surface area (TPSA) is 277 Å². The number of esters is 1. The van der Waals surface area contributed by atoms with Crippen LogP contribution in [0.15, 0.2) is 64.7 Å². The summed E-state index contributed by atoms with van der Waals surface area (Å²) in [6.07, 6.45) is 2.15. The van der Waals surface area contributed by atoms with Crippen LogP contribution in [0.2, 0.25) is 0 Å². The molecule has 0 bridgehead atoms.